The topological polar surface area (TPSA) is 43.1 Å². The summed E-state index contributed by atoms with van der Waals surface area (Å²) in [4.78, 5) is 9.45. The van der Waals surface area contributed by atoms with Crippen LogP contribution in [0.4, 0.5) is 0 Å². The van der Waals surface area contributed by atoms with E-state index in [2.05, 4.69) is 6.58 Å². The molecular formula is C16H17NO2. The zero-order valence-corrected chi connectivity index (χ0v) is 10.6. The maximum atomic E-state index is 9.95. The number of nitrogens with zero attached hydrogens (tertiary/aromatic N) is 1. The lowest BCUT2D eigenvalue weighted by atomic mass is 10.3. The minimum absolute atomic E-state index is 0.503. The molecule has 0 N–H and O–H groups in total. The first kappa shape index (κ1) is 16.3. The highest BCUT2D eigenvalue weighted by molar-refractivity contribution is 5.20. The van der Waals surface area contributed by atoms with Gasteiger partial charge in [0.25, 0.3) is 0 Å². The van der Waals surface area contributed by atoms with Gasteiger partial charge in [0, 0.05) is 6.08 Å². The maximum Gasteiger partial charge on any atom is 0.234 e. The van der Waals surface area contributed by atoms with Crippen LogP contribution >= 0.6 is 0 Å². The second-order valence-electron chi connectivity index (χ2n) is 3.17. The molecule has 3 heteroatoms. The van der Waals surface area contributed by atoms with E-state index in [0.29, 0.717) is 0 Å². The van der Waals surface area contributed by atoms with E-state index in [1.165, 1.54) is 6.08 Å². The van der Waals surface area contributed by atoms with Gasteiger partial charge in [-0.3, -0.25) is 10.1 Å². The van der Waals surface area contributed by atoms with Gasteiger partial charge in [0.2, 0.25) is 6.20 Å². The van der Waals surface area contributed by atoms with Gasteiger partial charge in [0.15, 0.2) is 0 Å². The van der Waals surface area contributed by atoms with Gasteiger partial charge in [-0.1, -0.05) is 85.6 Å². The van der Waals surface area contributed by atoms with Crippen molar-refractivity contribution in [1.82, 2.24) is 0 Å². The lowest BCUT2D eigenvalue weighted by Gasteiger charge is -1.75. The van der Waals surface area contributed by atoms with Crippen molar-refractivity contribution >= 4 is 0 Å². The van der Waals surface area contributed by atoms with Crippen LogP contribution in [0.2, 0.25) is 0 Å². The lowest BCUT2D eigenvalue weighted by molar-refractivity contribution is -0.402. The molecule has 0 aromatic rings. The molecule has 0 aliphatic heterocycles. The minimum atomic E-state index is -0.503. The first-order chi connectivity index (χ1) is 9.27. The van der Waals surface area contributed by atoms with E-state index < -0.39 is 4.92 Å². The van der Waals surface area contributed by atoms with E-state index in [1.807, 2.05) is 54.7 Å². The molecule has 0 amide bonds. The van der Waals surface area contributed by atoms with Crippen LogP contribution in [-0.4, -0.2) is 4.92 Å². The third kappa shape index (κ3) is 15.3. The highest BCUT2D eigenvalue weighted by Crippen LogP contribution is 1.85. The Morgan fingerprint density at radius 3 is 1.26 bits per heavy atom. The maximum absolute atomic E-state index is 9.95. The molecule has 0 aromatic carbocycles. The van der Waals surface area contributed by atoms with E-state index in [-0.39, 0.29) is 0 Å². The predicted molar refractivity (Wildman–Crippen MR) is 81.2 cm³/mol. The molecular weight excluding hydrogens is 238 g/mol. The molecule has 0 saturated carbocycles. The summed E-state index contributed by atoms with van der Waals surface area (Å²) in [5, 5.41) is 9.95. The summed E-state index contributed by atoms with van der Waals surface area (Å²) in [6.07, 6.45) is 26.0. The Hall–Kier alpha value is -2.68. The summed E-state index contributed by atoms with van der Waals surface area (Å²) >= 11 is 0. The fraction of sp³-hybridized carbons (Fsp3) is 0. The van der Waals surface area contributed by atoms with Crippen LogP contribution in [0.5, 0.6) is 0 Å². The smallest absolute Gasteiger partial charge is 0.234 e. The van der Waals surface area contributed by atoms with E-state index in [9.17, 15) is 10.1 Å². The van der Waals surface area contributed by atoms with Gasteiger partial charge in [-0.2, -0.15) is 0 Å². The average molecular weight is 255 g/mol. The molecule has 0 radical (unpaired) electrons. The van der Waals surface area contributed by atoms with Crippen LogP contribution in [-0.2, 0) is 0 Å². The average Bonchev–Trinajstić information content (AvgIpc) is 2.39. The third-order valence-electron chi connectivity index (χ3n) is 1.68. The Morgan fingerprint density at radius 2 is 0.947 bits per heavy atom. The Labute approximate surface area is 113 Å². The Bertz CT molecular complexity index is 461. The molecule has 3 nitrogen and oxygen atoms in total. The van der Waals surface area contributed by atoms with Crippen molar-refractivity contribution < 1.29 is 4.92 Å². The number of hydrogen-bond donors (Lipinski definition) is 0. The molecule has 0 aliphatic rings. The van der Waals surface area contributed by atoms with Crippen LogP contribution in [0.25, 0.3) is 0 Å². The Balaban J connectivity index is 3.87. The molecule has 0 fully saturated rings. The predicted octanol–water partition coefficient (Wildman–Crippen LogP) is 4.30. The summed E-state index contributed by atoms with van der Waals surface area (Å²) < 4.78 is 0. The molecule has 0 spiro atoms. The van der Waals surface area contributed by atoms with Gasteiger partial charge < -0.3 is 0 Å². The zero-order chi connectivity index (χ0) is 14.2. The van der Waals surface area contributed by atoms with Gasteiger partial charge in [-0.05, 0) is 0 Å². The van der Waals surface area contributed by atoms with Gasteiger partial charge in [-0.15, -0.1) is 0 Å². The summed E-state index contributed by atoms with van der Waals surface area (Å²) in [7, 11) is 0. The number of allylic oxidation sites excluding steroid dienone is 14. The highest BCUT2D eigenvalue weighted by Gasteiger charge is 1.77. The Morgan fingerprint density at radius 1 is 0.632 bits per heavy atom. The SMILES string of the molecule is C=C/C=C/C=C/C=C/C=C/C=C/C=C/C=C/[N+](=O)[O-]. The molecule has 0 aromatic heterocycles. The van der Waals surface area contributed by atoms with Crippen LogP contribution in [0.15, 0.2) is 97.8 Å². The van der Waals surface area contributed by atoms with Crippen molar-refractivity contribution in [1.29, 1.82) is 0 Å². The van der Waals surface area contributed by atoms with Gasteiger partial charge in [0.1, 0.15) is 0 Å². The normalized spacial score (nSPS) is 13.5. The molecule has 0 heterocycles. The van der Waals surface area contributed by atoms with E-state index in [0.717, 1.165) is 6.20 Å². The summed E-state index contributed by atoms with van der Waals surface area (Å²) in [5.74, 6) is 0. The van der Waals surface area contributed by atoms with E-state index in [4.69, 9.17) is 0 Å². The van der Waals surface area contributed by atoms with Crippen LogP contribution < -0.4 is 0 Å². The highest BCUT2D eigenvalue weighted by atomic mass is 16.6. The van der Waals surface area contributed by atoms with Crippen molar-refractivity contribution in [3.63, 3.8) is 0 Å². The third-order valence-corrected chi connectivity index (χ3v) is 1.68. The van der Waals surface area contributed by atoms with Gasteiger partial charge in [-0.25, -0.2) is 0 Å². The molecule has 19 heavy (non-hydrogen) atoms. The van der Waals surface area contributed by atoms with Crippen molar-refractivity contribution in [2.75, 3.05) is 0 Å². The van der Waals surface area contributed by atoms with Crippen LogP contribution in [0, 0.1) is 10.1 Å². The molecule has 0 unspecified atom stereocenters. The van der Waals surface area contributed by atoms with Crippen molar-refractivity contribution in [3.8, 4) is 0 Å². The number of rotatable bonds is 8. The zero-order valence-electron chi connectivity index (χ0n) is 10.6. The van der Waals surface area contributed by atoms with Gasteiger partial charge >= 0.3 is 0 Å². The van der Waals surface area contributed by atoms with Crippen LogP contribution in [0.3, 0.4) is 0 Å². The second kappa shape index (κ2) is 13.4. The van der Waals surface area contributed by atoms with Crippen molar-refractivity contribution in [3.05, 3.63) is 108 Å². The fourth-order valence-corrected chi connectivity index (χ4v) is 0.904. The second-order valence-corrected chi connectivity index (χ2v) is 3.17. The molecule has 98 valence electrons. The van der Waals surface area contributed by atoms with Crippen LogP contribution in [0.1, 0.15) is 0 Å². The van der Waals surface area contributed by atoms with Crippen molar-refractivity contribution in [2.24, 2.45) is 0 Å². The van der Waals surface area contributed by atoms with Gasteiger partial charge in [0.05, 0.1) is 4.92 Å². The molecule has 0 saturated heterocycles. The summed E-state index contributed by atoms with van der Waals surface area (Å²) in [6, 6.07) is 0. The largest absolute Gasteiger partial charge is 0.259 e. The molecule has 0 rings (SSSR count). The quantitative estimate of drug-likeness (QED) is 0.368. The first-order valence-corrected chi connectivity index (χ1v) is 5.70. The van der Waals surface area contributed by atoms with E-state index >= 15 is 0 Å². The summed E-state index contributed by atoms with van der Waals surface area (Å²) in [5.41, 5.74) is 0. The standard InChI is InChI=1S/C16H17NO2/c1-2-3-4-5-6-7-8-9-10-11-12-13-14-15-16-17(18)19/h2-16H,1H2/b4-3+,6-5+,8-7+,10-9+,12-11+,14-13+,16-15+. The molecule has 0 atom stereocenters. The monoisotopic (exact) mass is 255 g/mol. The number of nitro groups is 1. The Kier molecular flexibility index (Phi) is 11.5. The molecule has 0 bridgehead atoms. The minimum Gasteiger partial charge on any atom is -0.259 e. The lowest BCUT2D eigenvalue weighted by Crippen LogP contribution is -1.80. The molecule has 0 aliphatic carbocycles. The summed E-state index contributed by atoms with van der Waals surface area (Å²) in [6.45, 7) is 3.56. The van der Waals surface area contributed by atoms with Crippen molar-refractivity contribution in [2.45, 2.75) is 0 Å². The fourth-order valence-electron chi connectivity index (χ4n) is 0.904. The number of hydrogen-bond acceptors (Lipinski definition) is 2. The van der Waals surface area contributed by atoms with E-state index in [1.54, 1.807) is 24.3 Å². The first-order valence-electron chi connectivity index (χ1n) is 5.70.